The van der Waals surface area contributed by atoms with Crippen LogP contribution in [0.25, 0.3) is 0 Å². The minimum Gasteiger partial charge on any atom is -0.368 e. The largest absolute Gasteiger partial charge is 0.368 e. The van der Waals surface area contributed by atoms with Gasteiger partial charge in [0.05, 0.1) is 0 Å². The number of hydrogen-bond acceptors (Lipinski definition) is 3. The Morgan fingerprint density at radius 3 is 2.52 bits per heavy atom. The lowest BCUT2D eigenvalue weighted by Crippen LogP contribution is -2.46. The Labute approximate surface area is 127 Å². The van der Waals surface area contributed by atoms with Gasteiger partial charge in [0, 0.05) is 38.9 Å². The van der Waals surface area contributed by atoms with Crippen molar-refractivity contribution in [3.8, 4) is 0 Å². The molecule has 1 fully saturated rings. The molecule has 1 saturated carbocycles. The Bertz CT molecular complexity index is 481. The van der Waals surface area contributed by atoms with E-state index in [0.29, 0.717) is 24.9 Å². The molecule has 1 aliphatic rings. The van der Waals surface area contributed by atoms with Crippen LogP contribution in [0, 0.1) is 5.41 Å². The average molecular weight is 292 g/mol. The van der Waals surface area contributed by atoms with Crippen molar-refractivity contribution in [1.82, 2.24) is 9.55 Å². The molecule has 21 heavy (non-hydrogen) atoms. The predicted molar refractivity (Wildman–Crippen MR) is 83.1 cm³/mol. The number of rotatable bonds is 6. The fourth-order valence-electron chi connectivity index (χ4n) is 3.20. The van der Waals surface area contributed by atoms with Crippen molar-refractivity contribution in [2.45, 2.75) is 64.9 Å². The molecule has 0 aliphatic heterocycles. The molecular weight excluding hydrogens is 264 g/mol. The van der Waals surface area contributed by atoms with E-state index in [2.05, 4.69) is 18.8 Å². The third kappa shape index (κ3) is 3.73. The van der Waals surface area contributed by atoms with E-state index in [1.54, 1.807) is 6.20 Å². The van der Waals surface area contributed by atoms with Crippen molar-refractivity contribution >= 4 is 5.78 Å². The van der Waals surface area contributed by atoms with Crippen molar-refractivity contribution in [3.63, 3.8) is 0 Å². The smallest absolute Gasteiger partial charge is 0.165 e. The van der Waals surface area contributed by atoms with Gasteiger partial charge in [-0.3, -0.25) is 4.79 Å². The van der Waals surface area contributed by atoms with E-state index in [4.69, 9.17) is 4.74 Å². The second kappa shape index (κ2) is 6.30. The van der Waals surface area contributed by atoms with Gasteiger partial charge in [-0.1, -0.05) is 13.8 Å². The van der Waals surface area contributed by atoms with Gasteiger partial charge in [-0.25, -0.2) is 4.98 Å². The van der Waals surface area contributed by atoms with Crippen molar-refractivity contribution < 1.29 is 9.53 Å². The van der Waals surface area contributed by atoms with Crippen LogP contribution in [0.2, 0.25) is 0 Å². The van der Waals surface area contributed by atoms with Crippen molar-refractivity contribution in [3.05, 3.63) is 18.2 Å². The molecule has 0 unspecified atom stereocenters. The maximum absolute atomic E-state index is 12.8. The molecule has 1 aliphatic carbocycles. The van der Waals surface area contributed by atoms with E-state index in [1.165, 1.54) is 0 Å². The topological polar surface area (TPSA) is 44.1 Å². The first-order chi connectivity index (χ1) is 9.88. The lowest BCUT2D eigenvalue weighted by atomic mass is 9.69. The number of ketones is 1. The summed E-state index contributed by atoms with van der Waals surface area (Å²) in [7, 11) is 1.97. The molecule has 0 spiro atoms. The number of carbonyl (C=O) groups is 1. The molecule has 0 saturated heterocycles. The molecule has 0 amide bonds. The zero-order valence-electron chi connectivity index (χ0n) is 13.8. The molecule has 0 bridgehead atoms. The van der Waals surface area contributed by atoms with Gasteiger partial charge >= 0.3 is 0 Å². The van der Waals surface area contributed by atoms with Gasteiger partial charge in [-0.2, -0.15) is 0 Å². The Morgan fingerprint density at radius 1 is 1.33 bits per heavy atom. The van der Waals surface area contributed by atoms with E-state index in [1.807, 2.05) is 24.7 Å². The fourth-order valence-corrected chi connectivity index (χ4v) is 3.20. The standard InChI is InChI=1S/C17H28N2O2/c1-5-21-17(10-8-16(2,3)9-11-17)14(20)6-7-15-18-12-13-19(15)4/h12-13H,5-11H2,1-4H3. The van der Waals surface area contributed by atoms with Crippen LogP contribution in [0.5, 0.6) is 0 Å². The Hall–Kier alpha value is -1.16. The van der Waals surface area contributed by atoms with Crippen molar-refractivity contribution in [1.29, 1.82) is 0 Å². The Morgan fingerprint density at radius 2 is 2.00 bits per heavy atom. The van der Waals surface area contributed by atoms with Crippen molar-refractivity contribution in [2.75, 3.05) is 6.61 Å². The number of nitrogens with zero attached hydrogens (tertiary/aromatic N) is 2. The SMILES string of the molecule is CCOC1(C(=O)CCc2nccn2C)CCC(C)(C)CC1. The summed E-state index contributed by atoms with van der Waals surface area (Å²) < 4.78 is 7.93. The molecule has 0 aromatic carbocycles. The number of carbonyl (C=O) groups excluding carboxylic acids is 1. The molecular formula is C17H28N2O2. The molecule has 118 valence electrons. The zero-order chi connectivity index (χ0) is 15.5. The van der Waals surface area contributed by atoms with E-state index < -0.39 is 5.60 Å². The summed E-state index contributed by atoms with van der Waals surface area (Å²) in [6, 6.07) is 0. The van der Waals surface area contributed by atoms with Crippen LogP contribution in [0.15, 0.2) is 12.4 Å². The highest BCUT2D eigenvalue weighted by Crippen LogP contribution is 2.43. The van der Waals surface area contributed by atoms with Gasteiger partial charge in [0.1, 0.15) is 11.4 Å². The number of imidazole rings is 1. The van der Waals surface area contributed by atoms with E-state index in [0.717, 1.165) is 31.5 Å². The lowest BCUT2D eigenvalue weighted by molar-refractivity contribution is -0.152. The number of aryl methyl sites for hydroxylation is 2. The summed E-state index contributed by atoms with van der Waals surface area (Å²) in [4.78, 5) is 17.1. The second-order valence-corrected chi connectivity index (χ2v) is 6.97. The monoisotopic (exact) mass is 292 g/mol. The molecule has 4 nitrogen and oxygen atoms in total. The molecule has 0 atom stereocenters. The van der Waals surface area contributed by atoms with E-state index in [-0.39, 0.29) is 5.78 Å². The highest BCUT2D eigenvalue weighted by molar-refractivity contribution is 5.87. The van der Waals surface area contributed by atoms with E-state index >= 15 is 0 Å². The quantitative estimate of drug-likeness (QED) is 0.808. The Kier molecular flexibility index (Phi) is 4.87. The van der Waals surface area contributed by atoms with Crippen LogP contribution >= 0.6 is 0 Å². The maximum atomic E-state index is 12.8. The average Bonchev–Trinajstić information content (AvgIpc) is 2.84. The van der Waals surface area contributed by atoms with E-state index in [9.17, 15) is 4.79 Å². The molecule has 1 heterocycles. The highest BCUT2D eigenvalue weighted by atomic mass is 16.5. The zero-order valence-corrected chi connectivity index (χ0v) is 13.8. The summed E-state index contributed by atoms with van der Waals surface area (Å²) in [6.07, 6.45) is 8.73. The highest BCUT2D eigenvalue weighted by Gasteiger charge is 2.43. The molecule has 4 heteroatoms. The predicted octanol–water partition coefficient (Wildman–Crippen LogP) is 3.30. The maximum Gasteiger partial charge on any atom is 0.165 e. The van der Waals surface area contributed by atoms with Crippen LogP contribution < -0.4 is 0 Å². The first kappa shape index (κ1) is 16.2. The fraction of sp³-hybridized carbons (Fsp3) is 0.765. The molecule has 1 aromatic rings. The number of hydrogen-bond donors (Lipinski definition) is 0. The number of aromatic nitrogens is 2. The molecule has 0 N–H and O–H groups in total. The van der Waals surface area contributed by atoms with Gasteiger partial charge in [-0.15, -0.1) is 0 Å². The Balaban J connectivity index is 2.01. The summed E-state index contributed by atoms with van der Waals surface area (Å²) in [5, 5.41) is 0. The summed E-state index contributed by atoms with van der Waals surface area (Å²) in [5.74, 6) is 1.22. The second-order valence-electron chi connectivity index (χ2n) is 6.97. The summed E-state index contributed by atoms with van der Waals surface area (Å²) in [5.41, 5.74) is -0.212. The van der Waals surface area contributed by atoms with Crippen LogP contribution in [-0.4, -0.2) is 27.5 Å². The molecule has 1 aromatic heterocycles. The number of Topliss-reactive ketones (excluding diaryl/α,β-unsaturated/α-hetero) is 1. The van der Waals surface area contributed by atoms with Crippen LogP contribution in [-0.2, 0) is 23.0 Å². The summed E-state index contributed by atoms with van der Waals surface area (Å²) >= 11 is 0. The van der Waals surface area contributed by atoms with Crippen LogP contribution in [0.4, 0.5) is 0 Å². The van der Waals surface area contributed by atoms with Crippen molar-refractivity contribution in [2.24, 2.45) is 12.5 Å². The van der Waals surface area contributed by atoms with Crippen LogP contribution in [0.1, 0.15) is 58.7 Å². The minimum absolute atomic E-state index is 0.253. The number of ether oxygens (including phenoxy) is 1. The third-order valence-corrected chi connectivity index (χ3v) is 4.84. The van der Waals surface area contributed by atoms with Gasteiger partial charge in [-0.05, 0) is 38.0 Å². The minimum atomic E-state index is -0.546. The first-order valence-electron chi connectivity index (χ1n) is 8.02. The van der Waals surface area contributed by atoms with Crippen LogP contribution in [0.3, 0.4) is 0 Å². The normalized spacial score (nSPS) is 20.4. The molecule has 0 radical (unpaired) electrons. The van der Waals surface area contributed by atoms with Gasteiger partial charge < -0.3 is 9.30 Å². The lowest BCUT2D eigenvalue weighted by Gasteiger charge is -2.42. The summed E-state index contributed by atoms with van der Waals surface area (Å²) in [6.45, 7) is 7.14. The molecule has 2 rings (SSSR count). The van der Waals surface area contributed by atoms with Gasteiger partial charge in [0.15, 0.2) is 5.78 Å². The van der Waals surface area contributed by atoms with Gasteiger partial charge in [0.25, 0.3) is 0 Å². The first-order valence-corrected chi connectivity index (χ1v) is 8.02. The van der Waals surface area contributed by atoms with Gasteiger partial charge in [0.2, 0.25) is 0 Å². The third-order valence-electron chi connectivity index (χ3n) is 4.84.